The van der Waals surface area contributed by atoms with E-state index in [4.69, 9.17) is 0 Å². The molecule has 0 aromatic carbocycles. The van der Waals surface area contributed by atoms with Crippen molar-refractivity contribution >= 4 is 22.8 Å². The normalized spacial score (nSPS) is 10.0. The van der Waals surface area contributed by atoms with Gasteiger partial charge in [-0.05, 0) is 17.5 Å². The average Bonchev–Trinajstić information content (AvgIpc) is 2.79. The van der Waals surface area contributed by atoms with Gasteiger partial charge in [-0.25, -0.2) is 4.98 Å². The second kappa shape index (κ2) is 4.71. The number of nitro groups is 1. The summed E-state index contributed by atoms with van der Waals surface area (Å²) in [5.41, 5.74) is -0.000874. The lowest BCUT2D eigenvalue weighted by Gasteiger charge is -2.03. The van der Waals surface area contributed by atoms with Crippen molar-refractivity contribution in [2.75, 3.05) is 5.32 Å². The fraction of sp³-hybridized carbons (Fsp3) is 0.100. The van der Waals surface area contributed by atoms with E-state index in [-0.39, 0.29) is 5.69 Å². The molecule has 2 rings (SSSR count). The van der Waals surface area contributed by atoms with Gasteiger partial charge in [-0.1, -0.05) is 6.07 Å². The first-order valence-corrected chi connectivity index (χ1v) is 5.51. The molecule has 2 aromatic heterocycles. The number of aromatic nitrogens is 1. The highest BCUT2D eigenvalue weighted by Crippen LogP contribution is 2.21. The SMILES string of the molecule is O=[N+]([O-])c1cccnc1NCc1cccs1. The van der Waals surface area contributed by atoms with Crippen LogP contribution >= 0.6 is 11.3 Å². The molecule has 5 nitrogen and oxygen atoms in total. The standard InChI is InChI=1S/C10H9N3O2S/c14-13(15)9-4-1-5-11-10(9)12-7-8-3-2-6-16-8/h1-6H,7H2,(H,11,12). The zero-order valence-electron chi connectivity index (χ0n) is 8.29. The molecule has 0 aliphatic rings. The van der Waals surface area contributed by atoms with Crippen molar-refractivity contribution in [2.45, 2.75) is 6.54 Å². The molecular weight excluding hydrogens is 226 g/mol. The van der Waals surface area contributed by atoms with Gasteiger partial charge in [0.05, 0.1) is 11.5 Å². The molecule has 0 atom stereocenters. The molecule has 0 unspecified atom stereocenters. The molecule has 0 aliphatic carbocycles. The zero-order chi connectivity index (χ0) is 11.4. The second-order valence-corrected chi connectivity index (χ2v) is 4.09. The van der Waals surface area contributed by atoms with Gasteiger partial charge in [-0.15, -0.1) is 11.3 Å². The molecule has 6 heteroatoms. The summed E-state index contributed by atoms with van der Waals surface area (Å²) in [5.74, 6) is 0.306. The monoisotopic (exact) mass is 235 g/mol. The molecule has 2 aromatic rings. The third-order valence-corrected chi connectivity index (χ3v) is 2.87. The lowest BCUT2D eigenvalue weighted by Crippen LogP contribution is -2.03. The minimum Gasteiger partial charge on any atom is -0.359 e. The molecule has 0 saturated carbocycles. The van der Waals surface area contributed by atoms with E-state index >= 15 is 0 Å². The quantitative estimate of drug-likeness (QED) is 0.653. The maximum Gasteiger partial charge on any atom is 0.311 e. The first-order valence-electron chi connectivity index (χ1n) is 4.63. The highest BCUT2D eigenvalue weighted by molar-refractivity contribution is 7.09. The van der Waals surface area contributed by atoms with Crippen molar-refractivity contribution in [3.05, 3.63) is 50.8 Å². The molecule has 0 spiro atoms. The number of anilines is 1. The first-order chi connectivity index (χ1) is 7.77. The molecular formula is C10H9N3O2S. The fourth-order valence-electron chi connectivity index (χ4n) is 1.26. The van der Waals surface area contributed by atoms with Crippen LogP contribution in [0, 0.1) is 10.1 Å². The Morgan fingerprint density at radius 1 is 1.44 bits per heavy atom. The molecule has 1 N–H and O–H groups in total. The summed E-state index contributed by atoms with van der Waals surface area (Å²) in [6, 6.07) is 6.89. The average molecular weight is 235 g/mol. The van der Waals surface area contributed by atoms with E-state index in [9.17, 15) is 10.1 Å². The van der Waals surface area contributed by atoms with Crippen molar-refractivity contribution in [3.63, 3.8) is 0 Å². The largest absolute Gasteiger partial charge is 0.359 e. The molecule has 0 amide bonds. The Morgan fingerprint density at radius 2 is 2.31 bits per heavy atom. The summed E-state index contributed by atoms with van der Waals surface area (Å²) in [5, 5.41) is 15.6. The van der Waals surface area contributed by atoms with Gasteiger partial charge in [0, 0.05) is 17.1 Å². The van der Waals surface area contributed by atoms with E-state index < -0.39 is 4.92 Å². The van der Waals surface area contributed by atoms with Gasteiger partial charge in [0.15, 0.2) is 0 Å². The first kappa shape index (κ1) is 10.6. The summed E-state index contributed by atoms with van der Waals surface area (Å²) in [4.78, 5) is 15.3. The van der Waals surface area contributed by atoms with Gasteiger partial charge in [0.2, 0.25) is 5.82 Å². The molecule has 2 heterocycles. The van der Waals surface area contributed by atoms with E-state index in [1.165, 1.54) is 12.3 Å². The topological polar surface area (TPSA) is 68.1 Å². The van der Waals surface area contributed by atoms with Crippen LogP contribution in [-0.2, 0) is 6.54 Å². The maximum absolute atomic E-state index is 10.7. The van der Waals surface area contributed by atoms with Gasteiger partial charge in [-0.3, -0.25) is 10.1 Å². The van der Waals surface area contributed by atoms with Crippen LogP contribution in [0.15, 0.2) is 35.8 Å². The van der Waals surface area contributed by atoms with Crippen molar-refractivity contribution in [1.82, 2.24) is 4.98 Å². The number of rotatable bonds is 4. The second-order valence-electron chi connectivity index (χ2n) is 3.06. The summed E-state index contributed by atoms with van der Waals surface area (Å²) in [7, 11) is 0. The molecule has 16 heavy (non-hydrogen) atoms. The molecule has 0 bridgehead atoms. The van der Waals surface area contributed by atoms with Crippen LogP contribution in [0.1, 0.15) is 4.88 Å². The summed E-state index contributed by atoms with van der Waals surface area (Å²) < 4.78 is 0. The number of thiophene rings is 1. The minimum absolute atomic E-state index is 0.000874. The van der Waals surface area contributed by atoms with Crippen LogP contribution in [0.5, 0.6) is 0 Å². The Bertz CT molecular complexity index is 485. The van der Waals surface area contributed by atoms with Crippen molar-refractivity contribution in [1.29, 1.82) is 0 Å². The van der Waals surface area contributed by atoms with Gasteiger partial charge in [-0.2, -0.15) is 0 Å². The third-order valence-electron chi connectivity index (χ3n) is 1.99. The third kappa shape index (κ3) is 2.34. The van der Waals surface area contributed by atoms with Crippen molar-refractivity contribution in [2.24, 2.45) is 0 Å². The number of pyridine rings is 1. The Morgan fingerprint density at radius 3 is 3.00 bits per heavy atom. The molecule has 0 fully saturated rings. The van der Waals surface area contributed by atoms with Crippen LogP contribution in [0.3, 0.4) is 0 Å². The van der Waals surface area contributed by atoms with E-state index in [1.807, 2.05) is 17.5 Å². The zero-order valence-corrected chi connectivity index (χ0v) is 9.11. The Hall–Kier alpha value is -1.95. The molecule has 0 radical (unpaired) electrons. The predicted molar refractivity (Wildman–Crippen MR) is 62.5 cm³/mol. The summed E-state index contributed by atoms with van der Waals surface area (Å²) in [6.07, 6.45) is 1.53. The minimum atomic E-state index is -0.441. The Balaban J connectivity index is 2.12. The lowest BCUT2D eigenvalue weighted by atomic mass is 10.4. The Kier molecular flexibility index (Phi) is 3.11. The molecule has 82 valence electrons. The molecule has 0 saturated heterocycles. The number of nitrogens with zero attached hydrogens (tertiary/aromatic N) is 2. The van der Waals surface area contributed by atoms with Crippen LogP contribution in [0.25, 0.3) is 0 Å². The van der Waals surface area contributed by atoms with Gasteiger partial charge >= 0.3 is 5.69 Å². The highest BCUT2D eigenvalue weighted by atomic mass is 32.1. The van der Waals surface area contributed by atoms with E-state index in [1.54, 1.807) is 17.4 Å². The molecule has 0 aliphatic heterocycles. The van der Waals surface area contributed by atoms with Crippen LogP contribution in [-0.4, -0.2) is 9.91 Å². The Labute approximate surface area is 95.9 Å². The lowest BCUT2D eigenvalue weighted by molar-refractivity contribution is -0.384. The number of nitrogens with one attached hydrogen (secondary N) is 1. The summed E-state index contributed by atoms with van der Waals surface area (Å²) in [6.45, 7) is 0.551. The summed E-state index contributed by atoms with van der Waals surface area (Å²) >= 11 is 1.60. The van der Waals surface area contributed by atoms with Crippen LogP contribution in [0.2, 0.25) is 0 Å². The van der Waals surface area contributed by atoms with Crippen molar-refractivity contribution in [3.8, 4) is 0 Å². The number of hydrogen-bond acceptors (Lipinski definition) is 5. The van der Waals surface area contributed by atoms with Gasteiger partial charge < -0.3 is 5.32 Å². The van der Waals surface area contributed by atoms with Gasteiger partial charge in [0.1, 0.15) is 0 Å². The van der Waals surface area contributed by atoms with E-state index in [0.29, 0.717) is 12.4 Å². The van der Waals surface area contributed by atoms with Crippen LogP contribution < -0.4 is 5.32 Å². The van der Waals surface area contributed by atoms with E-state index in [0.717, 1.165) is 4.88 Å². The maximum atomic E-state index is 10.7. The van der Waals surface area contributed by atoms with Crippen LogP contribution in [0.4, 0.5) is 11.5 Å². The number of hydrogen-bond donors (Lipinski definition) is 1. The fourth-order valence-corrected chi connectivity index (χ4v) is 1.91. The predicted octanol–water partition coefficient (Wildman–Crippen LogP) is 2.66. The highest BCUT2D eigenvalue weighted by Gasteiger charge is 2.13. The van der Waals surface area contributed by atoms with Gasteiger partial charge in [0.25, 0.3) is 0 Å². The smallest absolute Gasteiger partial charge is 0.311 e. The van der Waals surface area contributed by atoms with Crippen molar-refractivity contribution < 1.29 is 4.92 Å². The van der Waals surface area contributed by atoms with E-state index in [2.05, 4.69) is 10.3 Å².